The van der Waals surface area contributed by atoms with Crippen LogP contribution in [0.25, 0.3) is 0 Å². The van der Waals surface area contributed by atoms with Gasteiger partial charge in [-0.25, -0.2) is 0 Å². The molecule has 1 saturated carbocycles. The van der Waals surface area contributed by atoms with Gasteiger partial charge in [-0.2, -0.15) is 0 Å². The predicted octanol–water partition coefficient (Wildman–Crippen LogP) is 3.89. The smallest absolute Gasteiger partial charge is 0.0590 e. The molecule has 0 spiro atoms. The normalized spacial score (nSPS) is 28.2. The van der Waals surface area contributed by atoms with Crippen LogP contribution in [0.3, 0.4) is 0 Å². The largest absolute Gasteiger partial charge is 0.378 e. The number of hydrogen-bond donors (Lipinski definition) is 1. The van der Waals surface area contributed by atoms with Gasteiger partial charge in [0.15, 0.2) is 0 Å². The summed E-state index contributed by atoms with van der Waals surface area (Å²) < 4.78 is 5.94. The lowest BCUT2D eigenvalue weighted by molar-refractivity contribution is -0.000393. The molecule has 1 saturated heterocycles. The third kappa shape index (κ3) is 4.55. The molecule has 1 heterocycles. The summed E-state index contributed by atoms with van der Waals surface area (Å²) in [6.45, 7) is 4.44. The van der Waals surface area contributed by atoms with E-state index in [1.165, 1.54) is 70.8 Å². The minimum atomic E-state index is 0.537. The Balaban J connectivity index is 1.82. The van der Waals surface area contributed by atoms with Gasteiger partial charge in [0.2, 0.25) is 0 Å². The molecule has 0 amide bonds. The maximum absolute atomic E-state index is 5.94. The molecule has 106 valence electrons. The first-order valence-corrected chi connectivity index (χ1v) is 8.25. The van der Waals surface area contributed by atoms with Gasteiger partial charge in [-0.05, 0) is 57.4 Å². The van der Waals surface area contributed by atoms with E-state index in [1.54, 1.807) is 0 Å². The molecule has 1 aliphatic carbocycles. The molecule has 2 heteroatoms. The molecule has 0 aromatic heterocycles. The second kappa shape index (κ2) is 8.16. The second-order valence-corrected chi connectivity index (χ2v) is 6.18. The van der Waals surface area contributed by atoms with Crippen molar-refractivity contribution in [2.24, 2.45) is 5.92 Å². The molecule has 2 fully saturated rings. The summed E-state index contributed by atoms with van der Waals surface area (Å²) in [6.07, 6.45) is 14.2. The number of nitrogens with one attached hydrogen (secondary N) is 1. The molecule has 18 heavy (non-hydrogen) atoms. The first-order chi connectivity index (χ1) is 8.90. The van der Waals surface area contributed by atoms with Crippen LogP contribution in [-0.4, -0.2) is 25.3 Å². The van der Waals surface area contributed by atoms with Crippen molar-refractivity contribution >= 4 is 0 Å². The molecule has 2 nitrogen and oxygen atoms in total. The van der Waals surface area contributed by atoms with Gasteiger partial charge in [-0.3, -0.25) is 0 Å². The number of hydrogen-bond acceptors (Lipinski definition) is 2. The molecular formula is C16H31NO. The van der Waals surface area contributed by atoms with Crippen molar-refractivity contribution in [3.8, 4) is 0 Å². The Kier molecular flexibility index (Phi) is 6.50. The van der Waals surface area contributed by atoms with E-state index in [4.69, 9.17) is 4.74 Å². The highest BCUT2D eigenvalue weighted by molar-refractivity contribution is 4.82. The average molecular weight is 253 g/mol. The highest BCUT2D eigenvalue weighted by Crippen LogP contribution is 2.30. The van der Waals surface area contributed by atoms with Crippen LogP contribution in [0.1, 0.15) is 71.1 Å². The fraction of sp³-hybridized carbons (Fsp3) is 1.00. The predicted molar refractivity (Wildman–Crippen MR) is 76.9 cm³/mol. The van der Waals surface area contributed by atoms with Crippen LogP contribution in [0.4, 0.5) is 0 Å². The molecule has 0 radical (unpaired) electrons. The van der Waals surface area contributed by atoms with Crippen LogP contribution in [-0.2, 0) is 4.74 Å². The zero-order valence-electron chi connectivity index (χ0n) is 12.1. The third-order valence-electron chi connectivity index (χ3n) is 4.67. The van der Waals surface area contributed by atoms with E-state index in [9.17, 15) is 0 Å². The summed E-state index contributed by atoms with van der Waals surface area (Å²) in [5.41, 5.74) is 0. The zero-order chi connectivity index (χ0) is 12.6. The fourth-order valence-corrected chi connectivity index (χ4v) is 3.59. The van der Waals surface area contributed by atoms with Gasteiger partial charge in [0.05, 0.1) is 6.10 Å². The SMILES string of the molecule is CCCNC(CC1CCCCO1)C1CCCCC1. The van der Waals surface area contributed by atoms with Crippen LogP contribution in [0.2, 0.25) is 0 Å². The maximum atomic E-state index is 5.94. The Labute approximate surface area is 113 Å². The quantitative estimate of drug-likeness (QED) is 0.775. The number of rotatable bonds is 6. The van der Waals surface area contributed by atoms with Crippen molar-refractivity contribution in [1.29, 1.82) is 0 Å². The maximum Gasteiger partial charge on any atom is 0.0590 e. The summed E-state index contributed by atoms with van der Waals surface area (Å²) in [6, 6.07) is 0.716. The second-order valence-electron chi connectivity index (χ2n) is 6.18. The third-order valence-corrected chi connectivity index (χ3v) is 4.67. The van der Waals surface area contributed by atoms with Gasteiger partial charge in [0.25, 0.3) is 0 Å². The molecule has 0 aromatic rings. The van der Waals surface area contributed by atoms with Gasteiger partial charge in [0.1, 0.15) is 0 Å². The molecular weight excluding hydrogens is 222 g/mol. The molecule has 0 aromatic carbocycles. The van der Waals surface area contributed by atoms with Crippen LogP contribution >= 0.6 is 0 Å². The van der Waals surface area contributed by atoms with E-state index >= 15 is 0 Å². The summed E-state index contributed by atoms with van der Waals surface area (Å²) >= 11 is 0. The standard InChI is InChI=1S/C16H31NO/c1-2-11-17-16(14-8-4-3-5-9-14)13-15-10-6-7-12-18-15/h14-17H,2-13H2,1H3. The van der Waals surface area contributed by atoms with Crippen LogP contribution in [0.15, 0.2) is 0 Å². The molecule has 1 N–H and O–H groups in total. The molecule has 2 aliphatic rings. The van der Waals surface area contributed by atoms with Gasteiger partial charge in [-0.15, -0.1) is 0 Å². The Morgan fingerprint density at radius 3 is 2.50 bits per heavy atom. The first-order valence-electron chi connectivity index (χ1n) is 8.25. The highest BCUT2D eigenvalue weighted by atomic mass is 16.5. The van der Waals surface area contributed by atoms with E-state index in [0.29, 0.717) is 12.1 Å². The van der Waals surface area contributed by atoms with Gasteiger partial charge in [0, 0.05) is 12.6 Å². The zero-order valence-corrected chi connectivity index (χ0v) is 12.1. The van der Waals surface area contributed by atoms with Crippen molar-refractivity contribution in [2.75, 3.05) is 13.2 Å². The van der Waals surface area contributed by atoms with E-state index in [1.807, 2.05) is 0 Å². The monoisotopic (exact) mass is 253 g/mol. The van der Waals surface area contributed by atoms with E-state index in [0.717, 1.165) is 12.5 Å². The molecule has 2 rings (SSSR count). The summed E-state index contributed by atoms with van der Waals surface area (Å²) in [4.78, 5) is 0. The lowest BCUT2D eigenvalue weighted by atomic mass is 9.81. The Hall–Kier alpha value is -0.0800. The Bertz CT molecular complexity index is 207. The molecule has 1 aliphatic heterocycles. The summed E-state index contributed by atoms with van der Waals surface area (Å²) in [5.74, 6) is 0.913. The average Bonchev–Trinajstić information content (AvgIpc) is 2.45. The van der Waals surface area contributed by atoms with Crippen LogP contribution in [0, 0.1) is 5.92 Å². The molecule has 2 unspecified atom stereocenters. The molecule has 2 atom stereocenters. The lowest BCUT2D eigenvalue weighted by Gasteiger charge is -2.34. The van der Waals surface area contributed by atoms with Crippen molar-refractivity contribution < 1.29 is 4.74 Å². The summed E-state index contributed by atoms with van der Waals surface area (Å²) in [5, 5.41) is 3.81. The van der Waals surface area contributed by atoms with E-state index in [-0.39, 0.29) is 0 Å². The van der Waals surface area contributed by atoms with Crippen molar-refractivity contribution in [2.45, 2.75) is 83.3 Å². The van der Waals surface area contributed by atoms with Gasteiger partial charge >= 0.3 is 0 Å². The topological polar surface area (TPSA) is 21.3 Å². The van der Waals surface area contributed by atoms with E-state index in [2.05, 4.69) is 12.2 Å². The number of ether oxygens (including phenoxy) is 1. The van der Waals surface area contributed by atoms with E-state index < -0.39 is 0 Å². The van der Waals surface area contributed by atoms with Crippen LogP contribution in [0.5, 0.6) is 0 Å². The van der Waals surface area contributed by atoms with Gasteiger partial charge in [-0.1, -0.05) is 26.2 Å². The van der Waals surface area contributed by atoms with Crippen molar-refractivity contribution in [3.05, 3.63) is 0 Å². The summed E-state index contributed by atoms with van der Waals surface area (Å²) in [7, 11) is 0. The van der Waals surface area contributed by atoms with Crippen molar-refractivity contribution in [1.82, 2.24) is 5.32 Å². The molecule has 0 bridgehead atoms. The lowest BCUT2D eigenvalue weighted by Crippen LogP contribution is -2.41. The van der Waals surface area contributed by atoms with Crippen molar-refractivity contribution in [3.63, 3.8) is 0 Å². The fourth-order valence-electron chi connectivity index (χ4n) is 3.59. The first kappa shape index (κ1) is 14.3. The van der Waals surface area contributed by atoms with Crippen LogP contribution < -0.4 is 5.32 Å². The highest BCUT2D eigenvalue weighted by Gasteiger charge is 2.26. The Morgan fingerprint density at radius 2 is 1.83 bits per heavy atom. The van der Waals surface area contributed by atoms with Gasteiger partial charge < -0.3 is 10.1 Å². The minimum absolute atomic E-state index is 0.537. The Morgan fingerprint density at radius 1 is 1.06 bits per heavy atom. The minimum Gasteiger partial charge on any atom is -0.378 e.